The maximum atomic E-state index is 12.1. The molecule has 0 unspecified atom stereocenters. The zero-order valence-electron chi connectivity index (χ0n) is 12.3. The van der Waals surface area contributed by atoms with E-state index in [4.69, 9.17) is 11.6 Å². The lowest BCUT2D eigenvalue weighted by atomic mass is 10.1. The molecule has 22 heavy (non-hydrogen) atoms. The van der Waals surface area contributed by atoms with Crippen LogP contribution in [0.2, 0.25) is 5.02 Å². The molecule has 0 radical (unpaired) electrons. The van der Waals surface area contributed by atoms with E-state index in [9.17, 15) is 4.79 Å². The molecule has 2 aromatic carbocycles. The highest BCUT2D eigenvalue weighted by Crippen LogP contribution is 2.22. The first-order chi connectivity index (χ1) is 10.6. The van der Waals surface area contributed by atoms with E-state index in [1.54, 1.807) is 24.3 Å². The first kappa shape index (κ1) is 14.7. The fourth-order valence-corrected chi connectivity index (χ4v) is 2.88. The van der Waals surface area contributed by atoms with Crippen molar-refractivity contribution in [3.63, 3.8) is 0 Å². The largest absolute Gasteiger partial charge is 0.358 e. The van der Waals surface area contributed by atoms with E-state index >= 15 is 0 Å². The van der Waals surface area contributed by atoms with Gasteiger partial charge in [-0.3, -0.25) is 4.79 Å². The van der Waals surface area contributed by atoms with Crippen molar-refractivity contribution in [1.29, 1.82) is 0 Å². The fraction of sp³-hybridized carbons (Fsp3) is 0.167. The van der Waals surface area contributed by atoms with Crippen molar-refractivity contribution in [2.75, 3.05) is 6.54 Å². The van der Waals surface area contributed by atoms with Gasteiger partial charge in [-0.2, -0.15) is 0 Å². The lowest BCUT2D eigenvalue weighted by Crippen LogP contribution is -2.25. The van der Waals surface area contributed by atoms with Gasteiger partial charge in [-0.15, -0.1) is 0 Å². The van der Waals surface area contributed by atoms with Gasteiger partial charge in [0.05, 0.1) is 0 Å². The first-order valence-electron chi connectivity index (χ1n) is 7.25. The summed E-state index contributed by atoms with van der Waals surface area (Å²) in [5.41, 5.74) is 4.12. The highest BCUT2D eigenvalue weighted by atomic mass is 35.5. The monoisotopic (exact) mass is 312 g/mol. The molecule has 1 amide bonds. The number of aryl methyl sites for hydroxylation is 1. The molecule has 0 saturated carbocycles. The number of aromatic nitrogens is 1. The first-order valence-corrected chi connectivity index (χ1v) is 7.63. The molecule has 1 aromatic heterocycles. The standard InChI is InChI=1S/C18H17ClN2O/c1-12-15(16-7-2-3-8-17(16)21-12)9-10-20-18(22)13-5-4-6-14(19)11-13/h2-8,11,21H,9-10H2,1H3,(H,20,22). The minimum atomic E-state index is -0.0972. The number of fused-ring (bicyclic) bond motifs is 1. The van der Waals surface area contributed by atoms with Gasteiger partial charge < -0.3 is 10.3 Å². The maximum Gasteiger partial charge on any atom is 0.251 e. The van der Waals surface area contributed by atoms with Gasteiger partial charge in [-0.25, -0.2) is 0 Å². The molecule has 0 fully saturated rings. The number of amides is 1. The molecule has 0 atom stereocenters. The van der Waals surface area contributed by atoms with Gasteiger partial charge in [0.2, 0.25) is 0 Å². The second-order valence-corrected chi connectivity index (χ2v) is 5.73. The number of aromatic amines is 1. The number of benzene rings is 2. The summed E-state index contributed by atoms with van der Waals surface area (Å²) in [7, 11) is 0. The quantitative estimate of drug-likeness (QED) is 0.748. The van der Waals surface area contributed by atoms with Crippen LogP contribution in [0.4, 0.5) is 0 Å². The van der Waals surface area contributed by atoms with Gasteiger partial charge in [0.25, 0.3) is 5.91 Å². The van der Waals surface area contributed by atoms with E-state index in [-0.39, 0.29) is 5.91 Å². The molecule has 112 valence electrons. The van der Waals surface area contributed by atoms with Gasteiger partial charge in [-0.1, -0.05) is 35.9 Å². The molecule has 3 aromatic rings. The normalized spacial score (nSPS) is 10.8. The molecule has 3 rings (SSSR count). The fourth-order valence-electron chi connectivity index (χ4n) is 2.69. The molecular formula is C18H17ClN2O. The Balaban J connectivity index is 1.67. The van der Waals surface area contributed by atoms with Crippen LogP contribution in [0.25, 0.3) is 10.9 Å². The number of rotatable bonds is 4. The van der Waals surface area contributed by atoms with Crippen LogP contribution in [-0.4, -0.2) is 17.4 Å². The Kier molecular flexibility index (Phi) is 4.16. The Bertz CT molecular complexity index is 823. The van der Waals surface area contributed by atoms with E-state index in [2.05, 4.69) is 29.4 Å². The summed E-state index contributed by atoms with van der Waals surface area (Å²) in [5, 5.41) is 4.73. The van der Waals surface area contributed by atoms with Crippen LogP contribution in [0.15, 0.2) is 48.5 Å². The van der Waals surface area contributed by atoms with Gasteiger partial charge in [-0.05, 0) is 43.2 Å². The lowest BCUT2D eigenvalue weighted by Gasteiger charge is -2.06. The molecule has 4 heteroatoms. The number of halogens is 1. The number of nitrogens with one attached hydrogen (secondary N) is 2. The molecule has 0 aliphatic rings. The molecule has 0 bridgehead atoms. The maximum absolute atomic E-state index is 12.1. The van der Waals surface area contributed by atoms with Crippen LogP contribution >= 0.6 is 11.6 Å². The van der Waals surface area contributed by atoms with Crippen LogP contribution in [0.3, 0.4) is 0 Å². The predicted octanol–water partition coefficient (Wildman–Crippen LogP) is 4.10. The van der Waals surface area contributed by atoms with E-state index in [1.807, 2.05) is 12.1 Å². The van der Waals surface area contributed by atoms with E-state index in [1.165, 1.54) is 10.9 Å². The molecule has 0 aliphatic heterocycles. The Labute approximate surface area is 134 Å². The molecule has 0 spiro atoms. The smallest absolute Gasteiger partial charge is 0.251 e. The van der Waals surface area contributed by atoms with E-state index < -0.39 is 0 Å². The van der Waals surface area contributed by atoms with Gasteiger partial charge in [0.1, 0.15) is 0 Å². The molecule has 2 N–H and O–H groups in total. The zero-order chi connectivity index (χ0) is 15.5. The summed E-state index contributed by atoms with van der Waals surface area (Å²) in [6.45, 7) is 2.65. The number of carbonyl (C=O) groups excluding carboxylic acids is 1. The van der Waals surface area contributed by atoms with Gasteiger partial charge in [0.15, 0.2) is 0 Å². The number of para-hydroxylation sites is 1. The summed E-state index contributed by atoms with van der Waals surface area (Å²) in [6, 6.07) is 15.2. The highest BCUT2D eigenvalue weighted by Gasteiger charge is 2.09. The van der Waals surface area contributed by atoms with Crippen molar-refractivity contribution in [2.24, 2.45) is 0 Å². The van der Waals surface area contributed by atoms with Crippen LogP contribution in [0, 0.1) is 6.92 Å². The second kappa shape index (κ2) is 6.24. The molecular weight excluding hydrogens is 296 g/mol. The predicted molar refractivity (Wildman–Crippen MR) is 90.5 cm³/mol. The van der Waals surface area contributed by atoms with Crippen LogP contribution in [0.5, 0.6) is 0 Å². The number of hydrogen-bond donors (Lipinski definition) is 2. The topological polar surface area (TPSA) is 44.9 Å². The van der Waals surface area contributed by atoms with Crippen molar-refractivity contribution >= 4 is 28.4 Å². The highest BCUT2D eigenvalue weighted by molar-refractivity contribution is 6.30. The minimum absolute atomic E-state index is 0.0972. The average molecular weight is 313 g/mol. The Morgan fingerprint density at radius 2 is 2.00 bits per heavy atom. The van der Waals surface area contributed by atoms with Gasteiger partial charge in [0, 0.05) is 33.7 Å². The third kappa shape index (κ3) is 3.00. The molecule has 3 nitrogen and oxygen atoms in total. The minimum Gasteiger partial charge on any atom is -0.358 e. The Morgan fingerprint density at radius 3 is 2.82 bits per heavy atom. The summed E-state index contributed by atoms with van der Waals surface area (Å²) < 4.78 is 0. The third-order valence-corrected chi connectivity index (χ3v) is 4.01. The summed E-state index contributed by atoms with van der Waals surface area (Å²) in [4.78, 5) is 15.5. The third-order valence-electron chi connectivity index (χ3n) is 3.77. The average Bonchev–Trinajstić information content (AvgIpc) is 2.83. The van der Waals surface area contributed by atoms with Crippen molar-refractivity contribution in [1.82, 2.24) is 10.3 Å². The van der Waals surface area contributed by atoms with Gasteiger partial charge >= 0.3 is 0 Å². The van der Waals surface area contributed by atoms with Crippen molar-refractivity contribution in [3.05, 3.63) is 70.4 Å². The van der Waals surface area contributed by atoms with Crippen molar-refractivity contribution in [3.8, 4) is 0 Å². The van der Waals surface area contributed by atoms with Crippen molar-refractivity contribution < 1.29 is 4.79 Å². The molecule has 1 heterocycles. The van der Waals surface area contributed by atoms with E-state index in [0.29, 0.717) is 17.1 Å². The second-order valence-electron chi connectivity index (χ2n) is 5.29. The molecule has 0 aliphatic carbocycles. The SMILES string of the molecule is Cc1[nH]c2ccccc2c1CCNC(=O)c1cccc(Cl)c1. The Morgan fingerprint density at radius 1 is 1.18 bits per heavy atom. The van der Waals surface area contributed by atoms with Crippen molar-refractivity contribution in [2.45, 2.75) is 13.3 Å². The summed E-state index contributed by atoms with van der Waals surface area (Å²) in [6.07, 6.45) is 0.794. The molecule has 0 saturated heterocycles. The van der Waals surface area contributed by atoms with Crippen LogP contribution in [-0.2, 0) is 6.42 Å². The number of carbonyl (C=O) groups is 1. The van der Waals surface area contributed by atoms with Crippen LogP contribution in [0.1, 0.15) is 21.6 Å². The van der Waals surface area contributed by atoms with Crippen LogP contribution < -0.4 is 5.32 Å². The number of H-pyrrole nitrogens is 1. The lowest BCUT2D eigenvalue weighted by molar-refractivity contribution is 0.0954. The Hall–Kier alpha value is -2.26. The summed E-state index contributed by atoms with van der Waals surface area (Å²) in [5.74, 6) is -0.0972. The number of hydrogen-bond acceptors (Lipinski definition) is 1. The van der Waals surface area contributed by atoms with E-state index in [0.717, 1.165) is 17.6 Å². The summed E-state index contributed by atoms with van der Waals surface area (Å²) >= 11 is 5.91. The zero-order valence-corrected chi connectivity index (χ0v) is 13.1.